The maximum absolute atomic E-state index is 11.8. The lowest BCUT2D eigenvalue weighted by molar-refractivity contribution is 0.382. The third-order valence-electron chi connectivity index (χ3n) is 5.53. The molecule has 1 aromatic rings. The zero-order valence-electron chi connectivity index (χ0n) is 17.9. The monoisotopic (exact) mass is 399 g/mol. The van der Waals surface area contributed by atoms with E-state index in [0.717, 1.165) is 24.8 Å². The van der Waals surface area contributed by atoms with Gasteiger partial charge in [0.2, 0.25) is 0 Å². The molecule has 1 atom stereocenters. The van der Waals surface area contributed by atoms with Crippen LogP contribution in [0, 0.1) is 0 Å². The first-order valence-electron chi connectivity index (χ1n) is 10.3. The van der Waals surface area contributed by atoms with Crippen LogP contribution in [-0.4, -0.2) is 17.7 Å². The maximum Gasteiger partial charge on any atom is 0.100 e. The highest BCUT2D eigenvalue weighted by Crippen LogP contribution is 2.38. The summed E-state index contributed by atoms with van der Waals surface area (Å²) < 4.78 is 34.1. The molecule has 4 nitrogen and oxygen atoms in total. The van der Waals surface area contributed by atoms with Crippen molar-refractivity contribution >= 4 is 10.1 Å². The van der Waals surface area contributed by atoms with Crippen molar-refractivity contribution in [1.29, 1.82) is 0 Å². The Hall–Kier alpha value is -0.910. The zero-order chi connectivity index (χ0) is 19.5. The lowest BCUT2D eigenvalue weighted by Gasteiger charge is -2.37. The molecule has 0 saturated heterocycles. The van der Waals surface area contributed by atoms with Gasteiger partial charge < -0.3 is 10.7 Å². The normalized spacial score (nSPS) is 13.2. The molecule has 0 fully saturated rings. The summed E-state index contributed by atoms with van der Waals surface area (Å²) in [7, 11) is -4.36. The van der Waals surface area contributed by atoms with Gasteiger partial charge in [-0.25, -0.2) is 8.42 Å². The van der Waals surface area contributed by atoms with Crippen molar-refractivity contribution < 1.29 is 13.0 Å². The molecule has 0 spiro atoms. The quantitative estimate of drug-likeness (QED) is 0.276. The van der Waals surface area contributed by atoms with E-state index in [1.54, 1.807) is 13.8 Å². The Morgan fingerprint density at radius 2 is 1.30 bits per heavy atom. The summed E-state index contributed by atoms with van der Waals surface area (Å²) in [6.07, 6.45) is 13.2. The molecule has 0 saturated carbocycles. The van der Waals surface area contributed by atoms with Crippen LogP contribution in [0.5, 0.6) is 0 Å². The van der Waals surface area contributed by atoms with Crippen LogP contribution in [0.25, 0.3) is 0 Å². The molecule has 0 aliphatic rings. The number of hydrogen-bond acceptors (Lipinski definition) is 3. The highest BCUT2D eigenvalue weighted by atomic mass is 32.2. The number of unbranched alkanes of at least 4 members (excludes halogenated alkanes) is 9. The van der Waals surface area contributed by atoms with Gasteiger partial charge in [-0.1, -0.05) is 101 Å². The summed E-state index contributed by atoms with van der Waals surface area (Å²) >= 11 is 0. The van der Waals surface area contributed by atoms with Gasteiger partial charge in [-0.05, 0) is 25.8 Å². The van der Waals surface area contributed by atoms with Crippen LogP contribution in [0.2, 0.25) is 0 Å². The molecule has 1 unspecified atom stereocenters. The SMILES string of the molecule is CCCCCCCCCCCCC(c1ccccc1)C(C)(C)S(=O)(=O)[O-].[NH4+]. The Labute approximate surface area is 167 Å². The second-order valence-corrected chi connectivity index (χ2v) is 9.95. The lowest BCUT2D eigenvalue weighted by Crippen LogP contribution is -2.38. The van der Waals surface area contributed by atoms with Crippen LogP contribution >= 0.6 is 0 Å². The highest BCUT2D eigenvalue weighted by molar-refractivity contribution is 7.87. The average Bonchev–Trinajstić information content (AvgIpc) is 2.59. The second kappa shape index (κ2) is 13.3. The van der Waals surface area contributed by atoms with E-state index in [1.165, 1.54) is 51.4 Å². The van der Waals surface area contributed by atoms with Crippen LogP contribution in [0.3, 0.4) is 0 Å². The molecule has 0 aromatic heterocycles. The summed E-state index contributed by atoms with van der Waals surface area (Å²) in [4.78, 5) is 0. The summed E-state index contributed by atoms with van der Waals surface area (Å²) in [6, 6.07) is 9.62. The summed E-state index contributed by atoms with van der Waals surface area (Å²) in [6.45, 7) is 5.38. The van der Waals surface area contributed by atoms with E-state index in [-0.39, 0.29) is 12.1 Å². The fraction of sp³-hybridized carbons (Fsp3) is 0.727. The van der Waals surface area contributed by atoms with Gasteiger partial charge in [0.15, 0.2) is 0 Å². The Kier molecular flexibility index (Phi) is 12.8. The highest BCUT2D eigenvalue weighted by Gasteiger charge is 2.36. The molecule has 1 rings (SSSR count). The van der Waals surface area contributed by atoms with Crippen LogP contribution in [-0.2, 0) is 10.1 Å². The van der Waals surface area contributed by atoms with Crippen molar-refractivity contribution in [2.45, 2.75) is 102 Å². The number of benzene rings is 1. The van der Waals surface area contributed by atoms with Gasteiger partial charge in [-0.15, -0.1) is 0 Å². The topological polar surface area (TPSA) is 93.7 Å². The van der Waals surface area contributed by atoms with E-state index in [2.05, 4.69) is 6.92 Å². The summed E-state index contributed by atoms with van der Waals surface area (Å²) in [5, 5.41) is 0. The van der Waals surface area contributed by atoms with E-state index in [1.807, 2.05) is 30.3 Å². The van der Waals surface area contributed by atoms with Crippen LogP contribution < -0.4 is 6.15 Å². The smallest absolute Gasteiger partial charge is 0.100 e. The predicted molar refractivity (Wildman–Crippen MR) is 115 cm³/mol. The Balaban J connectivity index is 0.00000676. The molecule has 0 bridgehead atoms. The van der Waals surface area contributed by atoms with Crippen molar-refractivity contribution in [2.75, 3.05) is 0 Å². The van der Waals surface area contributed by atoms with Gasteiger partial charge in [-0.3, -0.25) is 0 Å². The van der Waals surface area contributed by atoms with Crippen molar-refractivity contribution in [3.05, 3.63) is 35.9 Å². The van der Waals surface area contributed by atoms with E-state index in [4.69, 9.17) is 0 Å². The van der Waals surface area contributed by atoms with E-state index < -0.39 is 14.9 Å². The minimum Gasteiger partial charge on any atom is -0.748 e. The van der Waals surface area contributed by atoms with Gasteiger partial charge in [0.05, 0.1) is 4.75 Å². The Morgan fingerprint density at radius 3 is 1.74 bits per heavy atom. The third-order valence-corrected chi connectivity index (χ3v) is 7.11. The first kappa shape index (κ1) is 26.1. The van der Waals surface area contributed by atoms with Crippen molar-refractivity contribution in [3.8, 4) is 0 Å². The molecule has 0 amide bonds. The molecular formula is C22H41NO3S. The second-order valence-electron chi connectivity index (χ2n) is 7.99. The van der Waals surface area contributed by atoms with Crippen molar-refractivity contribution in [3.63, 3.8) is 0 Å². The molecule has 158 valence electrons. The molecule has 27 heavy (non-hydrogen) atoms. The summed E-state index contributed by atoms with van der Waals surface area (Å²) in [5.74, 6) is -0.250. The molecular weight excluding hydrogens is 358 g/mol. The molecule has 1 aromatic carbocycles. The van der Waals surface area contributed by atoms with E-state index in [9.17, 15) is 13.0 Å². The molecule has 5 heteroatoms. The molecule has 0 aliphatic carbocycles. The van der Waals surface area contributed by atoms with Crippen LogP contribution in [0.15, 0.2) is 30.3 Å². The Morgan fingerprint density at radius 1 is 0.852 bits per heavy atom. The average molecular weight is 400 g/mol. The van der Waals surface area contributed by atoms with Crippen LogP contribution in [0.1, 0.15) is 103 Å². The third kappa shape index (κ3) is 9.22. The molecule has 0 aliphatic heterocycles. The fourth-order valence-corrected chi connectivity index (χ4v) is 4.21. The number of quaternary nitrogens is 1. The van der Waals surface area contributed by atoms with Gasteiger partial charge in [0.25, 0.3) is 0 Å². The molecule has 0 heterocycles. The van der Waals surface area contributed by atoms with Gasteiger partial charge >= 0.3 is 0 Å². The van der Waals surface area contributed by atoms with Crippen LogP contribution in [0.4, 0.5) is 0 Å². The Bertz CT molecular complexity index is 585. The van der Waals surface area contributed by atoms with Gasteiger partial charge in [-0.2, -0.15) is 0 Å². The van der Waals surface area contributed by atoms with Crippen molar-refractivity contribution in [1.82, 2.24) is 6.15 Å². The number of rotatable bonds is 14. The number of hydrogen-bond donors (Lipinski definition) is 1. The zero-order valence-corrected chi connectivity index (χ0v) is 18.7. The largest absolute Gasteiger partial charge is 0.748 e. The minimum absolute atomic E-state index is 0. The van der Waals surface area contributed by atoms with E-state index >= 15 is 0 Å². The minimum atomic E-state index is -4.36. The van der Waals surface area contributed by atoms with Gasteiger partial charge in [0, 0.05) is 5.92 Å². The lowest BCUT2D eigenvalue weighted by atomic mass is 9.83. The van der Waals surface area contributed by atoms with Gasteiger partial charge in [0.1, 0.15) is 10.1 Å². The summed E-state index contributed by atoms with van der Waals surface area (Å²) in [5.41, 5.74) is 0.952. The first-order valence-corrected chi connectivity index (χ1v) is 11.7. The fourth-order valence-electron chi connectivity index (χ4n) is 3.61. The van der Waals surface area contributed by atoms with E-state index in [0.29, 0.717) is 0 Å². The first-order chi connectivity index (χ1) is 12.3. The maximum atomic E-state index is 11.8. The molecule has 0 radical (unpaired) electrons. The standard InChI is InChI=1S/C22H38O3S.H3N/c1-4-5-6-7-8-9-10-11-12-16-19-21(20-17-14-13-15-18-20)22(2,3)26(23,24)25;/h13-15,17-18,21H,4-12,16,19H2,1-3H3,(H,23,24,25);1H3. The molecule has 4 N–H and O–H groups in total. The predicted octanol–water partition coefficient (Wildman–Crippen LogP) is 6.78. The van der Waals surface area contributed by atoms with Crippen molar-refractivity contribution in [2.24, 2.45) is 0 Å².